The zero-order chi connectivity index (χ0) is 14.1. The normalized spacial score (nSPS) is 49.6. The van der Waals surface area contributed by atoms with Crippen LogP contribution in [0.2, 0.25) is 0 Å². The molecule has 5 atom stereocenters. The average molecular weight is 264 g/mol. The topological polar surface area (TPSA) is 26.3 Å². The first-order valence-corrected chi connectivity index (χ1v) is 7.82. The number of hydrogen-bond acceptors (Lipinski definition) is 2. The van der Waals surface area contributed by atoms with Crippen LogP contribution in [0.3, 0.4) is 0 Å². The molecule has 0 aromatic carbocycles. The van der Waals surface area contributed by atoms with E-state index >= 15 is 0 Å². The number of hydrogen-bond donors (Lipinski definition) is 0. The van der Waals surface area contributed by atoms with E-state index in [0.29, 0.717) is 17.4 Å². The number of esters is 1. The number of rotatable bonds is 4. The van der Waals surface area contributed by atoms with Crippen molar-refractivity contribution in [3.63, 3.8) is 0 Å². The zero-order valence-electron chi connectivity index (χ0n) is 13.1. The number of ether oxygens (including phenoxy) is 1. The summed E-state index contributed by atoms with van der Waals surface area (Å²) in [7, 11) is 0. The van der Waals surface area contributed by atoms with Crippen molar-refractivity contribution in [3.8, 4) is 0 Å². The van der Waals surface area contributed by atoms with Gasteiger partial charge >= 0.3 is 5.97 Å². The third kappa shape index (κ3) is 1.94. The van der Waals surface area contributed by atoms with Gasteiger partial charge in [0.1, 0.15) is 0 Å². The molecule has 0 amide bonds. The Morgan fingerprint density at radius 3 is 2.37 bits per heavy atom. The van der Waals surface area contributed by atoms with Gasteiger partial charge in [-0.15, -0.1) is 0 Å². The minimum absolute atomic E-state index is 0.137. The number of fused-ring (bicyclic) bond motifs is 1. The quantitative estimate of drug-likeness (QED) is 0.716. The van der Waals surface area contributed by atoms with Gasteiger partial charge in [-0.05, 0) is 54.3 Å². The molecule has 0 radical (unpaired) electrons. The van der Waals surface area contributed by atoms with Gasteiger partial charge in [-0.2, -0.15) is 0 Å². The Hall–Kier alpha value is -0.530. The van der Waals surface area contributed by atoms with E-state index in [1.807, 2.05) is 0 Å². The zero-order valence-corrected chi connectivity index (χ0v) is 13.1. The molecule has 108 valence electrons. The van der Waals surface area contributed by atoms with Crippen molar-refractivity contribution in [1.29, 1.82) is 0 Å². The van der Waals surface area contributed by atoms with Crippen LogP contribution in [0.25, 0.3) is 0 Å². The summed E-state index contributed by atoms with van der Waals surface area (Å²) in [6.07, 6.45) is 5.47. The predicted octanol–water partition coefficient (Wildman–Crippen LogP) is 4.04. The molecule has 3 saturated carbocycles. The van der Waals surface area contributed by atoms with Crippen LogP contribution in [0.15, 0.2) is 0 Å². The molecule has 0 aromatic heterocycles. The van der Waals surface area contributed by atoms with Crippen molar-refractivity contribution in [3.05, 3.63) is 0 Å². The van der Waals surface area contributed by atoms with Crippen LogP contribution in [0, 0.1) is 34.0 Å². The van der Waals surface area contributed by atoms with Crippen molar-refractivity contribution in [1.82, 2.24) is 0 Å². The van der Waals surface area contributed by atoms with E-state index in [4.69, 9.17) is 4.74 Å². The van der Waals surface area contributed by atoms with E-state index in [-0.39, 0.29) is 11.4 Å². The third-order valence-corrected chi connectivity index (χ3v) is 7.19. The third-order valence-electron chi connectivity index (χ3n) is 7.19. The Labute approximate surface area is 117 Å². The highest BCUT2D eigenvalue weighted by Crippen LogP contribution is 2.75. The molecule has 0 heterocycles. The molecule has 3 rings (SSSR count). The van der Waals surface area contributed by atoms with Crippen LogP contribution in [-0.4, -0.2) is 12.6 Å². The Balaban J connectivity index is 1.56. The molecule has 2 unspecified atom stereocenters. The van der Waals surface area contributed by atoms with Crippen LogP contribution in [0.5, 0.6) is 0 Å². The molecule has 2 nitrogen and oxygen atoms in total. The molecule has 0 spiro atoms. The van der Waals surface area contributed by atoms with E-state index in [9.17, 15) is 4.79 Å². The van der Waals surface area contributed by atoms with Crippen molar-refractivity contribution in [2.45, 2.75) is 60.3 Å². The first kappa shape index (κ1) is 13.5. The van der Waals surface area contributed by atoms with E-state index in [0.717, 1.165) is 17.8 Å². The molecule has 0 aliphatic heterocycles. The lowest BCUT2D eigenvalue weighted by Gasteiger charge is -2.36. The Morgan fingerprint density at radius 2 is 1.84 bits per heavy atom. The molecule has 2 heteroatoms. The largest absolute Gasteiger partial charge is 0.465 e. The lowest BCUT2D eigenvalue weighted by atomic mass is 9.69. The number of carbonyl (C=O) groups is 1. The molecule has 3 aliphatic rings. The molecule has 0 saturated heterocycles. The lowest BCUT2D eigenvalue weighted by Crippen LogP contribution is -2.28. The summed E-state index contributed by atoms with van der Waals surface area (Å²) < 4.78 is 5.23. The SMILES string of the molecule is CC(=O)OC[C@@]1(C)CC1C[C@H]1C[C@@H]2CC2(C)C1(C)C. The monoisotopic (exact) mass is 264 g/mol. The molecule has 0 aromatic rings. The molecule has 0 bridgehead atoms. The molecule has 0 N–H and O–H groups in total. The highest BCUT2D eigenvalue weighted by Gasteiger charge is 2.68. The predicted molar refractivity (Wildman–Crippen MR) is 75.6 cm³/mol. The second-order valence-electron chi connectivity index (χ2n) is 8.54. The highest BCUT2D eigenvalue weighted by atomic mass is 16.5. The fraction of sp³-hybridized carbons (Fsp3) is 0.941. The summed E-state index contributed by atoms with van der Waals surface area (Å²) in [6.45, 7) is 11.9. The minimum Gasteiger partial charge on any atom is -0.465 e. The van der Waals surface area contributed by atoms with Gasteiger partial charge in [-0.25, -0.2) is 0 Å². The second-order valence-corrected chi connectivity index (χ2v) is 8.54. The fourth-order valence-corrected chi connectivity index (χ4v) is 4.74. The minimum atomic E-state index is -0.137. The van der Waals surface area contributed by atoms with E-state index < -0.39 is 0 Å². The van der Waals surface area contributed by atoms with Crippen molar-refractivity contribution in [2.24, 2.45) is 34.0 Å². The van der Waals surface area contributed by atoms with Gasteiger partial charge in [0.15, 0.2) is 0 Å². The van der Waals surface area contributed by atoms with Gasteiger partial charge in [-0.1, -0.05) is 27.7 Å². The molecule has 3 aliphatic carbocycles. The maximum Gasteiger partial charge on any atom is 0.302 e. The van der Waals surface area contributed by atoms with E-state index in [1.54, 1.807) is 0 Å². The van der Waals surface area contributed by atoms with Gasteiger partial charge in [0, 0.05) is 12.3 Å². The van der Waals surface area contributed by atoms with Crippen LogP contribution in [0.1, 0.15) is 60.3 Å². The van der Waals surface area contributed by atoms with E-state index in [2.05, 4.69) is 27.7 Å². The summed E-state index contributed by atoms with van der Waals surface area (Å²) in [6, 6.07) is 0. The lowest BCUT2D eigenvalue weighted by molar-refractivity contribution is -0.142. The summed E-state index contributed by atoms with van der Waals surface area (Å²) in [4.78, 5) is 10.9. The number of carbonyl (C=O) groups excluding carboxylic acids is 1. The molecule has 3 fully saturated rings. The van der Waals surface area contributed by atoms with E-state index in [1.165, 1.54) is 32.6 Å². The van der Waals surface area contributed by atoms with Gasteiger partial charge in [0.2, 0.25) is 0 Å². The highest BCUT2D eigenvalue weighted by molar-refractivity contribution is 5.65. The maximum atomic E-state index is 10.9. The molecule has 19 heavy (non-hydrogen) atoms. The van der Waals surface area contributed by atoms with Crippen LogP contribution >= 0.6 is 0 Å². The summed E-state index contributed by atoms with van der Waals surface area (Å²) in [5, 5.41) is 0. The Bertz CT molecular complexity index is 413. The van der Waals surface area contributed by atoms with Crippen LogP contribution in [-0.2, 0) is 9.53 Å². The van der Waals surface area contributed by atoms with Gasteiger partial charge < -0.3 is 4.74 Å². The Kier molecular flexibility index (Phi) is 2.67. The van der Waals surface area contributed by atoms with Gasteiger partial charge in [-0.3, -0.25) is 4.79 Å². The second kappa shape index (κ2) is 3.77. The first-order chi connectivity index (χ1) is 8.69. The van der Waals surface area contributed by atoms with Crippen LogP contribution in [0.4, 0.5) is 0 Å². The summed E-state index contributed by atoms with van der Waals surface area (Å²) >= 11 is 0. The van der Waals surface area contributed by atoms with Crippen molar-refractivity contribution < 1.29 is 9.53 Å². The molecular formula is C17H28O2. The molecular weight excluding hydrogens is 236 g/mol. The van der Waals surface area contributed by atoms with Crippen molar-refractivity contribution >= 4 is 5.97 Å². The maximum absolute atomic E-state index is 10.9. The van der Waals surface area contributed by atoms with Gasteiger partial charge in [0.05, 0.1) is 6.61 Å². The fourth-order valence-electron chi connectivity index (χ4n) is 4.74. The van der Waals surface area contributed by atoms with Crippen molar-refractivity contribution in [2.75, 3.05) is 6.61 Å². The Morgan fingerprint density at radius 1 is 1.16 bits per heavy atom. The first-order valence-electron chi connectivity index (χ1n) is 7.82. The average Bonchev–Trinajstić information content (AvgIpc) is 3.12. The summed E-state index contributed by atoms with van der Waals surface area (Å²) in [5.74, 6) is 2.51. The summed E-state index contributed by atoms with van der Waals surface area (Å²) in [5.41, 5.74) is 1.40. The van der Waals surface area contributed by atoms with Gasteiger partial charge in [0.25, 0.3) is 0 Å². The standard InChI is InChI=1S/C17H28O2/c1-11(18)19-10-16(4)8-13(16)6-12-7-14-9-17(14,5)15(12,2)3/h12-14H,6-10H2,1-5H3/t12-,13?,14+,16+,17?/m0/s1. The van der Waals surface area contributed by atoms with Crippen LogP contribution < -0.4 is 0 Å². The smallest absolute Gasteiger partial charge is 0.302 e.